The van der Waals surface area contributed by atoms with Crippen molar-refractivity contribution >= 4 is 28.3 Å². The molecule has 0 aromatic heterocycles. The number of fused-ring (bicyclic) bond motifs is 1. The summed E-state index contributed by atoms with van der Waals surface area (Å²) >= 11 is 1.40. The Morgan fingerprint density at radius 1 is 1.40 bits per heavy atom. The van der Waals surface area contributed by atoms with Crippen LogP contribution in [0.5, 0.6) is 0 Å². The number of ketones is 1. The standard InChI is InChI=1S/C11H12O2S2/c1-14-11(15(2)13)7-8-5-3-4-6-9(8)10(11)12/h3-6H,7H2,1-2H3. The van der Waals surface area contributed by atoms with Crippen LogP contribution in [0.3, 0.4) is 0 Å². The summed E-state index contributed by atoms with van der Waals surface area (Å²) < 4.78 is 11.0. The van der Waals surface area contributed by atoms with Gasteiger partial charge in [-0.3, -0.25) is 9.00 Å². The fourth-order valence-corrected chi connectivity index (χ4v) is 4.21. The quantitative estimate of drug-likeness (QED) is 0.791. The second-order valence-corrected chi connectivity index (χ2v) is 6.54. The highest BCUT2D eigenvalue weighted by Gasteiger charge is 2.48. The van der Waals surface area contributed by atoms with Crippen LogP contribution in [0, 0.1) is 0 Å². The SMILES string of the molecule is CSC1(S(C)=O)Cc2ccccc2C1=O. The van der Waals surface area contributed by atoms with Crippen LogP contribution >= 0.6 is 11.8 Å². The van der Waals surface area contributed by atoms with Crippen molar-refractivity contribution in [3.8, 4) is 0 Å². The Morgan fingerprint density at radius 2 is 2.07 bits per heavy atom. The highest BCUT2D eigenvalue weighted by molar-refractivity contribution is 8.13. The summed E-state index contributed by atoms with van der Waals surface area (Å²) in [6.07, 6.45) is 4.05. The van der Waals surface area contributed by atoms with E-state index in [2.05, 4.69) is 0 Å². The van der Waals surface area contributed by atoms with Gasteiger partial charge in [-0.1, -0.05) is 24.3 Å². The van der Waals surface area contributed by atoms with E-state index in [4.69, 9.17) is 0 Å². The van der Waals surface area contributed by atoms with Gasteiger partial charge in [0.1, 0.15) is 0 Å². The van der Waals surface area contributed by atoms with Crippen molar-refractivity contribution in [3.63, 3.8) is 0 Å². The van der Waals surface area contributed by atoms with Gasteiger partial charge in [-0.25, -0.2) is 0 Å². The van der Waals surface area contributed by atoms with Crippen molar-refractivity contribution in [3.05, 3.63) is 35.4 Å². The highest BCUT2D eigenvalue weighted by Crippen LogP contribution is 2.40. The Hall–Kier alpha value is -0.610. The van der Waals surface area contributed by atoms with Gasteiger partial charge in [0.05, 0.1) is 0 Å². The molecule has 0 saturated carbocycles. The molecule has 2 rings (SSSR count). The van der Waals surface area contributed by atoms with Crippen molar-refractivity contribution in [1.29, 1.82) is 0 Å². The fraction of sp³-hybridized carbons (Fsp3) is 0.364. The maximum absolute atomic E-state index is 12.2. The van der Waals surface area contributed by atoms with Crippen molar-refractivity contribution in [2.24, 2.45) is 0 Å². The molecule has 0 aliphatic heterocycles. The van der Waals surface area contributed by atoms with Crippen LogP contribution in [-0.2, 0) is 17.2 Å². The maximum Gasteiger partial charge on any atom is 0.192 e. The molecule has 0 fully saturated rings. The van der Waals surface area contributed by atoms with E-state index in [0.29, 0.717) is 6.42 Å². The summed E-state index contributed by atoms with van der Waals surface area (Å²) in [6.45, 7) is 0. The topological polar surface area (TPSA) is 34.1 Å². The Bertz CT molecular complexity index is 442. The van der Waals surface area contributed by atoms with Crippen LogP contribution in [0.15, 0.2) is 24.3 Å². The first-order valence-electron chi connectivity index (χ1n) is 4.63. The molecule has 0 radical (unpaired) electrons. The molecule has 4 heteroatoms. The van der Waals surface area contributed by atoms with E-state index in [0.717, 1.165) is 11.1 Å². The average molecular weight is 240 g/mol. The Labute approximate surface area is 95.9 Å². The summed E-state index contributed by atoms with van der Waals surface area (Å²) in [5.74, 6) is 0.0198. The monoisotopic (exact) mass is 240 g/mol. The third-order valence-corrected chi connectivity index (χ3v) is 6.28. The van der Waals surface area contributed by atoms with E-state index >= 15 is 0 Å². The number of carbonyl (C=O) groups is 1. The fourth-order valence-electron chi connectivity index (χ4n) is 1.95. The third-order valence-electron chi connectivity index (χ3n) is 2.83. The largest absolute Gasteiger partial charge is 0.291 e. The number of hydrogen-bond acceptors (Lipinski definition) is 3. The number of hydrogen-bond donors (Lipinski definition) is 0. The summed E-state index contributed by atoms with van der Waals surface area (Å²) in [5.41, 5.74) is 1.76. The van der Waals surface area contributed by atoms with Gasteiger partial charge in [-0.05, 0) is 11.8 Å². The second kappa shape index (κ2) is 3.76. The molecular weight excluding hydrogens is 228 g/mol. The van der Waals surface area contributed by atoms with Crippen LogP contribution in [0.1, 0.15) is 15.9 Å². The van der Waals surface area contributed by atoms with Crippen LogP contribution in [-0.4, -0.2) is 26.6 Å². The predicted molar refractivity (Wildman–Crippen MR) is 64.8 cm³/mol. The van der Waals surface area contributed by atoms with E-state index in [1.807, 2.05) is 30.5 Å². The van der Waals surface area contributed by atoms with Gasteiger partial charge in [0.2, 0.25) is 0 Å². The molecule has 0 N–H and O–H groups in total. The molecule has 80 valence electrons. The predicted octanol–water partition coefficient (Wildman–Crippen LogP) is 1.86. The van der Waals surface area contributed by atoms with E-state index < -0.39 is 14.9 Å². The van der Waals surface area contributed by atoms with Crippen molar-refractivity contribution in [2.75, 3.05) is 12.5 Å². The number of rotatable bonds is 2. The van der Waals surface area contributed by atoms with Crippen LogP contribution in [0.25, 0.3) is 0 Å². The van der Waals surface area contributed by atoms with Crippen molar-refractivity contribution in [1.82, 2.24) is 0 Å². The van der Waals surface area contributed by atoms with Gasteiger partial charge >= 0.3 is 0 Å². The zero-order valence-corrected chi connectivity index (χ0v) is 10.3. The van der Waals surface area contributed by atoms with E-state index in [-0.39, 0.29) is 5.78 Å². The lowest BCUT2D eigenvalue weighted by atomic mass is 10.1. The van der Waals surface area contributed by atoms with E-state index in [1.165, 1.54) is 11.8 Å². The summed E-state index contributed by atoms with van der Waals surface area (Å²) in [5, 5.41) is 0. The minimum atomic E-state index is -1.14. The van der Waals surface area contributed by atoms with E-state index in [9.17, 15) is 9.00 Å². The lowest BCUT2D eigenvalue weighted by Gasteiger charge is -2.21. The molecule has 0 heterocycles. The molecule has 1 aromatic carbocycles. The molecule has 1 aliphatic carbocycles. The van der Waals surface area contributed by atoms with Crippen LogP contribution < -0.4 is 0 Å². The van der Waals surface area contributed by atoms with Gasteiger partial charge < -0.3 is 0 Å². The highest BCUT2D eigenvalue weighted by atomic mass is 32.2. The Balaban J connectivity index is 2.54. The molecule has 2 nitrogen and oxygen atoms in total. The van der Waals surface area contributed by atoms with Crippen LogP contribution in [0.2, 0.25) is 0 Å². The molecule has 0 amide bonds. The zero-order chi connectivity index (χ0) is 11.1. The lowest BCUT2D eigenvalue weighted by Crippen LogP contribution is -2.36. The Kier molecular flexibility index (Phi) is 2.73. The lowest BCUT2D eigenvalue weighted by molar-refractivity contribution is 0.0989. The van der Waals surface area contributed by atoms with Gasteiger partial charge in [-0.2, -0.15) is 0 Å². The second-order valence-electron chi connectivity index (χ2n) is 3.57. The Morgan fingerprint density at radius 3 is 2.60 bits per heavy atom. The van der Waals surface area contributed by atoms with Crippen LogP contribution in [0.4, 0.5) is 0 Å². The first kappa shape index (κ1) is 10.9. The van der Waals surface area contributed by atoms with Gasteiger partial charge in [0, 0.05) is 29.0 Å². The first-order chi connectivity index (χ1) is 7.12. The van der Waals surface area contributed by atoms with Crippen molar-refractivity contribution in [2.45, 2.75) is 10.5 Å². The smallest absolute Gasteiger partial charge is 0.192 e. The van der Waals surface area contributed by atoms with Gasteiger partial charge in [0.25, 0.3) is 0 Å². The normalized spacial score (nSPS) is 26.4. The average Bonchev–Trinajstić information content (AvgIpc) is 2.53. The molecule has 0 bridgehead atoms. The molecule has 2 unspecified atom stereocenters. The maximum atomic E-state index is 12.2. The molecule has 1 aliphatic rings. The zero-order valence-electron chi connectivity index (χ0n) is 8.65. The summed E-state index contributed by atoms with van der Waals surface area (Å²) in [6, 6.07) is 7.54. The first-order valence-corrected chi connectivity index (χ1v) is 7.41. The molecule has 15 heavy (non-hydrogen) atoms. The molecule has 0 saturated heterocycles. The van der Waals surface area contributed by atoms with Gasteiger partial charge in [0.15, 0.2) is 9.86 Å². The number of carbonyl (C=O) groups excluding carboxylic acids is 1. The minimum absolute atomic E-state index is 0.0198. The molecule has 0 spiro atoms. The summed E-state index contributed by atoms with van der Waals surface area (Å²) in [7, 11) is -1.14. The van der Waals surface area contributed by atoms with Gasteiger partial charge in [-0.15, -0.1) is 11.8 Å². The third kappa shape index (κ3) is 1.47. The van der Waals surface area contributed by atoms with Crippen molar-refractivity contribution < 1.29 is 9.00 Å². The number of thioether (sulfide) groups is 1. The molecule has 1 aromatic rings. The van der Waals surface area contributed by atoms with E-state index in [1.54, 1.807) is 6.26 Å². The molecular formula is C11H12O2S2. The number of Topliss-reactive ketones (excluding diaryl/α,β-unsaturated/α-hetero) is 1. The minimum Gasteiger partial charge on any atom is -0.291 e. The number of benzene rings is 1. The summed E-state index contributed by atoms with van der Waals surface area (Å²) in [4.78, 5) is 12.2. The molecule has 2 atom stereocenters.